The Hall–Kier alpha value is -4.26. The van der Waals surface area contributed by atoms with Crippen molar-refractivity contribution in [3.63, 3.8) is 0 Å². The molecule has 1 aromatic heterocycles. The van der Waals surface area contributed by atoms with Crippen LogP contribution in [0.2, 0.25) is 10.0 Å². The van der Waals surface area contributed by atoms with E-state index in [2.05, 4.69) is 32.5 Å². The summed E-state index contributed by atoms with van der Waals surface area (Å²) in [5, 5.41) is 18.6. The van der Waals surface area contributed by atoms with Gasteiger partial charge in [0.2, 0.25) is 0 Å². The highest BCUT2D eigenvalue weighted by Crippen LogP contribution is 2.44. The molecule has 0 fully saturated rings. The molecule has 3 rings (SSSR count). The summed E-state index contributed by atoms with van der Waals surface area (Å²) >= 11 is 12.8. The van der Waals surface area contributed by atoms with Gasteiger partial charge in [0.15, 0.2) is 0 Å². The number of aliphatic hydroxyl groups excluding tert-OH is 1. The highest BCUT2D eigenvalue weighted by atomic mass is 35.5. The second-order valence-electron chi connectivity index (χ2n) is 8.66. The lowest BCUT2D eigenvalue weighted by Gasteiger charge is -2.22. The van der Waals surface area contributed by atoms with E-state index in [0.717, 1.165) is 5.69 Å². The van der Waals surface area contributed by atoms with E-state index in [1.54, 1.807) is 6.07 Å². The van der Waals surface area contributed by atoms with Gasteiger partial charge in [0.05, 0.1) is 37.9 Å². The molecule has 0 saturated heterocycles. The van der Waals surface area contributed by atoms with Crippen LogP contribution in [-0.4, -0.2) is 75.4 Å². The zero-order valence-corrected chi connectivity index (χ0v) is 24.5. The first-order valence-corrected chi connectivity index (χ1v) is 13.0. The van der Waals surface area contributed by atoms with E-state index in [0.29, 0.717) is 35.6 Å². The minimum atomic E-state index is -0.584. The van der Waals surface area contributed by atoms with Crippen LogP contribution in [-0.2, 0) is 4.79 Å². The molecule has 0 saturated carbocycles. The van der Waals surface area contributed by atoms with E-state index in [-0.39, 0.29) is 46.2 Å². The van der Waals surface area contributed by atoms with Crippen LogP contribution in [0.3, 0.4) is 0 Å². The van der Waals surface area contributed by atoms with Gasteiger partial charge in [-0.15, -0.1) is 0 Å². The Morgan fingerprint density at radius 2 is 1.76 bits per heavy atom. The summed E-state index contributed by atoms with van der Waals surface area (Å²) in [6, 6.07) is 8.08. The Morgan fingerprint density at radius 1 is 1.07 bits per heavy atom. The molecule has 0 aliphatic heterocycles. The van der Waals surface area contributed by atoms with Crippen LogP contribution < -0.4 is 35.2 Å². The number of aromatic nitrogens is 2. The van der Waals surface area contributed by atoms with E-state index >= 15 is 0 Å². The second-order valence-corrected chi connectivity index (χ2v) is 9.42. The predicted octanol–water partition coefficient (Wildman–Crippen LogP) is 4.81. The lowest BCUT2D eigenvalue weighted by atomic mass is 10.2. The number of nitrogens with zero attached hydrogens (tertiary/aromatic N) is 4. The molecular weight excluding hydrogens is 573 g/mol. The van der Waals surface area contributed by atoms with Crippen molar-refractivity contribution < 1.29 is 24.2 Å². The van der Waals surface area contributed by atoms with Gasteiger partial charge in [0, 0.05) is 50.6 Å². The first-order valence-electron chi connectivity index (χ1n) is 12.2. The van der Waals surface area contributed by atoms with Gasteiger partial charge in [-0.3, -0.25) is 9.69 Å². The SMILES string of the molecule is C=C(C=O)CNc1cc(N(C)CCO)ccc1Nc1cc(N(C)C(=O)Nc2c(Cl)c(OC)cc(OC)c2Cl)ncn1. The maximum absolute atomic E-state index is 13.1. The van der Waals surface area contributed by atoms with Gasteiger partial charge in [0.25, 0.3) is 0 Å². The van der Waals surface area contributed by atoms with Crippen LogP contribution in [0.1, 0.15) is 0 Å². The van der Waals surface area contributed by atoms with Gasteiger partial charge >= 0.3 is 6.03 Å². The summed E-state index contributed by atoms with van der Waals surface area (Å²) in [5.74, 6) is 1.20. The summed E-state index contributed by atoms with van der Waals surface area (Å²) in [4.78, 5) is 35.8. The molecule has 2 amide bonds. The monoisotopic (exact) mass is 603 g/mol. The number of hydrogen-bond acceptors (Lipinski definition) is 10. The molecule has 0 radical (unpaired) electrons. The molecule has 0 aliphatic rings. The number of methoxy groups -OCH3 is 2. The van der Waals surface area contributed by atoms with Crippen LogP contribution in [0.4, 0.5) is 39.2 Å². The summed E-state index contributed by atoms with van der Waals surface area (Å²) in [7, 11) is 6.24. The zero-order valence-electron chi connectivity index (χ0n) is 23.0. The number of halogens is 2. The molecule has 12 nitrogen and oxygen atoms in total. The molecule has 0 atom stereocenters. The normalized spacial score (nSPS) is 10.4. The number of carbonyl (C=O) groups excluding carboxylic acids is 2. The van der Waals surface area contributed by atoms with Crippen LogP contribution in [0.5, 0.6) is 11.5 Å². The number of aliphatic hydroxyl groups is 1. The van der Waals surface area contributed by atoms with E-state index < -0.39 is 6.03 Å². The third kappa shape index (κ3) is 7.69. The average molecular weight is 604 g/mol. The van der Waals surface area contributed by atoms with Crippen molar-refractivity contribution in [1.82, 2.24) is 9.97 Å². The number of amides is 2. The Balaban J connectivity index is 1.86. The first-order chi connectivity index (χ1) is 19.6. The minimum Gasteiger partial charge on any atom is -0.495 e. The number of carbonyl (C=O) groups is 2. The molecule has 0 aliphatic carbocycles. The van der Waals surface area contributed by atoms with Gasteiger partial charge in [-0.2, -0.15) is 0 Å². The van der Waals surface area contributed by atoms with Gasteiger partial charge in [-0.1, -0.05) is 29.8 Å². The summed E-state index contributed by atoms with van der Waals surface area (Å²) in [6.45, 7) is 4.37. The number of aldehydes is 1. The molecule has 0 spiro atoms. The number of benzene rings is 2. The van der Waals surface area contributed by atoms with Crippen LogP contribution >= 0.6 is 23.2 Å². The maximum Gasteiger partial charge on any atom is 0.327 e. The maximum atomic E-state index is 13.1. The molecular formula is C27H31Cl2N7O5. The van der Waals surface area contributed by atoms with Crippen molar-refractivity contribution in [3.8, 4) is 11.5 Å². The predicted molar refractivity (Wildman–Crippen MR) is 163 cm³/mol. The van der Waals surface area contributed by atoms with E-state index in [4.69, 9.17) is 32.7 Å². The van der Waals surface area contributed by atoms with Crippen molar-refractivity contribution in [1.29, 1.82) is 0 Å². The first kappa shape index (κ1) is 31.3. The summed E-state index contributed by atoms with van der Waals surface area (Å²) in [6.07, 6.45) is 1.99. The van der Waals surface area contributed by atoms with Crippen LogP contribution in [0, 0.1) is 0 Å². The molecule has 0 unspecified atom stereocenters. The van der Waals surface area contributed by atoms with Crippen molar-refractivity contribution in [3.05, 3.63) is 58.9 Å². The molecule has 2 aromatic carbocycles. The minimum absolute atomic E-state index is 0.00418. The number of ether oxygens (including phenoxy) is 2. The average Bonchev–Trinajstić information content (AvgIpc) is 2.98. The standard InChI is InChI=1S/C27H31Cl2N7O5/c1-16(14-38)13-30-19-10-17(35(2)8-9-37)6-7-18(19)33-22-12-23(32-15-31-22)36(3)27(39)34-26-24(28)20(40-4)11-21(41-5)25(26)29/h6-7,10-12,14-15,30,37H,1,8-9,13H2,2-5H3,(H,34,39)(H,31,32,33). The molecule has 1 heterocycles. The summed E-state index contributed by atoms with van der Waals surface area (Å²) < 4.78 is 10.5. The number of hydrogen-bond donors (Lipinski definition) is 4. The topological polar surface area (TPSA) is 141 Å². The van der Waals surface area contributed by atoms with E-state index in [1.165, 1.54) is 38.6 Å². The largest absolute Gasteiger partial charge is 0.495 e. The van der Waals surface area contributed by atoms with Gasteiger partial charge < -0.3 is 35.4 Å². The molecule has 0 bridgehead atoms. The molecule has 218 valence electrons. The number of rotatable bonds is 13. The van der Waals surface area contributed by atoms with E-state index in [9.17, 15) is 14.7 Å². The fraction of sp³-hybridized carbons (Fsp3) is 0.259. The Morgan fingerprint density at radius 3 is 2.37 bits per heavy atom. The molecule has 4 N–H and O–H groups in total. The second kappa shape index (κ2) is 14.4. The number of nitrogens with one attached hydrogen (secondary N) is 3. The fourth-order valence-electron chi connectivity index (χ4n) is 3.58. The van der Waals surface area contributed by atoms with E-state index in [1.807, 2.05) is 30.1 Å². The van der Waals surface area contributed by atoms with Crippen molar-refractivity contribution in [2.45, 2.75) is 0 Å². The third-order valence-electron chi connectivity index (χ3n) is 5.92. The lowest BCUT2D eigenvalue weighted by Crippen LogP contribution is -2.32. The zero-order chi connectivity index (χ0) is 30.1. The Kier molecular flexibility index (Phi) is 11.0. The summed E-state index contributed by atoms with van der Waals surface area (Å²) in [5.41, 5.74) is 2.64. The van der Waals surface area contributed by atoms with Gasteiger partial charge in [-0.25, -0.2) is 14.8 Å². The quantitative estimate of drug-likeness (QED) is 0.159. The van der Waals surface area contributed by atoms with Gasteiger partial charge in [0.1, 0.15) is 45.8 Å². The number of urea groups is 1. The van der Waals surface area contributed by atoms with Gasteiger partial charge in [-0.05, 0) is 18.2 Å². The molecule has 41 heavy (non-hydrogen) atoms. The fourth-order valence-corrected chi connectivity index (χ4v) is 4.18. The Bertz CT molecular complexity index is 1390. The third-order valence-corrected chi connectivity index (χ3v) is 6.67. The van der Waals surface area contributed by atoms with Crippen molar-refractivity contribution in [2.24, 2.45) is 0 Å². The lowest BCUT2D eigenvalue weighted by molar-refractivity contribution is -0.104. The molecule has 14 heteroatoms. The molecule has 3 aromatic rings. The van der Waals surface area contributed by atoms with Crippen LogP contribution in [0.15, 0.2) is 48.8 Å². The van der Waals surface area contributed by atoms with Crippen LogP contribution in [0.25, 0.3) is 0 Å². The van der Waals surface area contributed by atoms with Crippen molar-refractivity contribution >= 4 is 69.9 Å². The highest BCUT2D eigenvalue weighted by Gasteiger charge is 2.22. The Labute approximate surface area is 247 Å². The highest BCUT2D eigenvalue weighted by molar-refractivity contribution is 6.41. The number of anilines is 6. The smallest absolute Gasteiger partial charge is 0.327 e. The van der Waals surface area contributed by atoms with Crippen molar-refractivity contribution in [2.75, 3.05) is 73.8 Å². The number of likely N-dealkylation sites (N-methyl/N-ethyl adjacent to an activating group) is 1.